The van der Waals surface area contributed by atoms with E-state index in [1.54, 1.807) is 35.4 Å². The number of anilines is 1. The summed E-state index contributed by atoms with van der Waals surface area (Å²) >= 11 is 0. The van der Waals surface area contributed by atoms with Crippen LogP contribution in [-0.4, -0.2) is 93.5 Å². The van der Waals surface area contributed by atoms with Crippen molar-refractivity contribution in [3.8, 4) is 29.6 Å². The summed E-state index contributed by atoms with van der Waals surface area (Å²) in [6.45, 7) is 9.52. The fourth-order valence-electron chi connectivity index (χ4n) is 9.18. The van der Waals surface area contributed by atoms with Gasteiger partial charge in [0.15, 0.2) is 5.82 Å². The lowest BCUT2D eigenvalue weighted by Gasteiger charge is -2.31. The van der Waals surface area contributed by atoms with E-state index in [4.69, 9.17) is 20.9 Å². The number of benzene rings is 2. The van der Waals surface area contributed by atoms with Crippen LogP contribution in [0.1, 0.15) is 65.4 Å². The first-order valence-electron chi connectivity index (χ1n) is 18.0. The minimum absolute atomic E-state index is 0.00682. The van der Waals surface area contributed by atoms with Crippen molar-refractivity contribution in [1.82, 2.24) is 24.8 Å². The van der Waals surface area contributed by atoms with E-state index in [1.165, 1.54) is 6.07 Å². The first-order chi connectivity index (χ1) is 24.7. The zero-order valence-electron chi connectivity index (χ0n) is 30.2. The van der Waals surface area contributed by atoms with Crippen LogP contribution in [0.2, 0.25) is 0 Å². The molecule has 1 spiro atoms. The van der Waals surface area contributed by atoms with E-state index in [2.05, 4.69) is 27.7 Å². The molecule has 3 saturated heterocycles. The summed E-state index contributed by atoms with van der Waals surface area (Å²) in [7, 11) is 1.91. The number of alkyl halides is 1. The Morgan fingerprint density at radius 2 is 1.94 bits per heavy atom. The predicted octanol–water partition coefficient (Wildman–Crippen LogP) is 7.28. The molecule has 2 unspecified atom stereocenters. The number of halogens is 3. The van der Waals surface area contributed by atoms with Gasteiger partial charge in [-0.05, 0) is 71.4 Å². The lowest BCUT2D eigenvalue weighted by molar-refractivity contribution is 0.0215. The Morgan fingerprint density at radius 1 is 1.13 bits per heavy atom. The quantitative estimate of drug-likeness (QED) is 0.193. The van der Waals surface area contributed by atoms with Crippen molar-refractivity contribution in [2.45, 2.75) is 89.2 Å². The van der Waals surface area contributed by atoms with E-state index < -0.39 is 28.9 Å². The van der Waals surface area contributed by atoms with E-state index >= 15 is 4.39 Å². The second-order valence-electron chi connectivity index (χ2n) is 16.0. The molecule has 9 nitrogen and oxygen atoms in total. The second-order valence-corrected chi connectivity index (χ2v) is 16.0. The molecule has 0 bridgehead atoms. The van der Waals surface area contributed by atoms with Crippen molar-refractivity contribution >= 4 is 33.6 Å². The Kier molecular flexibility index (Phi) is 8.10. The molecule has 2 aromatic heterocycles. The smallest absolute Gasteiger partial charge is 0.410 e. The van der Waals surface area contributed by atoms with E-state index in [0.717, 1.165) is 32.2 Å². The number of amides is 1. The Morgan fingerprint density at radius 3 is 2.71 bits per heavy atom. The molecule has 12 heteroatoms. The Balaban J connectivity index is 1.20. The average Bonchev–Trinajstić information content (AvgIpc) is 3.38. The Bertz CT molecular complexity index is 2150. The third-order valence-electron chi connectivity index (χ3n) is 11.9. The zero-order valence-corrected chi connectivity index (χ0v) is 30.2. The lowest BCUT2D eigenvalue weighted by atomic mass is 9.95. The van der Waals surface area contributed by atoms with Crippen molar-refractivity contribution in [3.05, 3.63) is 53.7 Å². The van der Waals surface area contributed by atoms with E-state index in [9.17, 15) is 13.6 Å². The molecule has 5 heterocycles. The van der Waals surface area contributed by atoms with Crippen molar-refractivity contribution in [2.75, 3.05) is 38.2 Å². The number of hydrogen-bond acceptors (Lipinski definition) is 8. The van der Waals surface area contributed by atoms with E-state index in [1.807, 2.05) is 32.7 Å². The highest BCUT2D eigenvalue weighted by atomic mass is 19.1. The molecule has 52 heavy (non-hydrogen) atoms. The number of aromatic nitrogens is 3. The molecule has 1 amide bonds. The number of terminal acetylenes is 1. The van der Waals surface area contributed by atoms with Crippen LogP contribution < -0.4 is 9.64 Å². The van der Waals surface area contributed by atoms with E-state index in [-0.39, 0.29) is 53.0 Å². The minimum Gasteiger partial charge on any atom is -0.461 e. The first kappa shape index (κ1) is 34.5. The van der Waals surface area contributed by atoms with Gasteiger partial charge in [0.2, 0.25) is 0 Å². The molecule has 3 aliphatic heterocycles. The summed E-state index contributed by atoms with van der Waals surface area (Å²) in [5, 5.41) is 1.40. The van der Waals surface area contributed by atoms with Crippen LogP contribution >= 0.6 is 0 Å². The maximum Gasteiger partial charge on any atom is 0.410 e. The summed E-state index contributed by atoms with van der Waals surface area (Å²) < 4.78 is 58.6. The van der Waals surface area contributed by atoms with Gasteiger partial charge >= 0.3 is 12.1 Å². The van der Waals surface area contributed by atoms with Crippen LogP contribution in [0.3, 0.4) is 0 Å². The highest BCUT2D eigenvalue weighted by Gasteiger charge is 2.65. The van der Waals surface area contributed by atoms with Crippen molar-refractivity contribution in [2.24, 2.45) is 5.41 Å². The first-order valence-corrected chi connectivity index (χ1v) is 18.0. The summed E-state index contributed by atoms with van der Waals surface area (Å²) in [6.07, 6.45) is 9.68. The molecule has 272 valence electrons. The van der Waals surface area contributed by atoms with Crippen molar-refractivity contribution in [1.29, 1.82) is 0 Å². The van der Waals surface area contributed by atoms with Gasteiger partial charge in [0.25, 0.3) is 0 Å². The Labute approximate surface area is 301 Å². The van der Waals surface area contributed by atoms with E-state index in [0.29, 0.717) is 47.1 Å². The number of likely N-dealkylation sites (tertiary alicyclic amines) is 1. The van der Waals surface area contributed by atoms with Crippen molar-refractivity contribution < 1.29 is 27.4 Å². The number of fused-ring (bicyclic) bond motifs is 3. The monoisotopic (exact) mass is 712 g/mol. The van der Waals surface area contributed by atoms with Gasteiger partial charge in [0.05, 0.1) is 16.5 Å². The normalized spacial score (nSPS) is 27.0. The molecule has 1 aliphatic carbocycles. The number of hydrogen-bond donors (Lipinski definition) is 0. The van der Waals surface area contributed by atoms with Crippen LogP contribution in [0.4, 0.5) is 23.8 Å². The van der Waals surface area contributed by atoms with Crippen molar-refractivity contribution in [3.63, 3.8) is 0 Å². The third kappa shape index (κ3) is 5.51. The maximum absolute atomic E-state index is 17.0. The summed E-state index contributed by atoms with van der Waals surface area (Å²) in [6, 6.07) is 7.96. The number of rotatable bonds is 6. The molecule has 1 saturated carbocycles. The van der Waals surface area contributed by atoms with Gasteiger partial charge in [-0.15, -0.1) is 6.42 Å². The highest BCUT2D eigenvalue weighted by molar-refractivity contribution is 6.02. The molecule has 4 fully saturated rings. The van der Waals surface area contributed by atoms with Gasteiger partial charge in [0.1, 0.15) is 41.2 Å². The Hall–Kier alpha value is -4.63. The van der Waals surface area contributed by atoms with Gasteiger partial charge in [0, 0.05) is 61.2 Å². The van der Waals surface area contributed by atoms with Crippen LogP contribution in [0, 0.1) is 29.4 Å². The fraction of sp³-hybridized carbons (Fsp3) is 0.500. The van der Waals surface area contributed by atoms with Crippen LogP contribution in [0.15, 0.2) is 36.5 Å². The van der Waals surface area contributed by atoms with Gasteiger partial charge in [-0.25, -0.2) is 18.0 Å². The second kappa shape index (κ2) is 12.2. The molecule has 4 aromatic rings. The van der Waals surface area contributed by atoms with Crippen LogP contribution in [-0.2, 0) is 4.74 Å². The van der Waals surface area contributed by atoms with Crippen LogP contribution in [0.25, 0.3) is 32.9 Å². The third-order valence-corrected chi connectivity index (χ3v) is 11.9. The van der Waals surface area contributed by atoms with Gasteiger partial charge < -0.3 is 19.3 Å². The highest BCUT2D eigenvalue weighted by Crippen LogP contribution is 2.60. The largest absolute Gasteiger partial charge is 0.461 e. The molecule has 5 atom stereocenters. The molecule has 4 aliphatic rings. The lowest BCUT2D eigenvalue weighted by Crippen LogP contribution is -2.43. The standard InChI is InChI=1S/C40H43F3N6O3/c1-7-26-29(42)13-12-24-10-8-11-27(31(24)26)33-32(43)34-28(20-44-33)35(46-36(45-34)51-22-39-14-9-16-48(39)21-25(41)18-39)47(6)30-19-40(30)15-17-49(23(40)2)37(50)52-38(3,4)5/h1,8,10-13,20,23,25,30H,9,14-19,21-22H2,2-6H3/t23-,25+,30?,39-,40?/m0/s1. The number of ether oxygens (including phenoxy) is 2. The molecular weight excluding hydrogens is 669 g/mol. The average molecular weight is 713 g/mol. The molecule has 0 radical (unpaired) electrons. The summed E-state index contributed by atoms with van der Waals surface area (Å²) in [5.41, 5.74) is -0.964. The number of carbonyl (C=O) groups is 1. The number of carbonyl (C=O) groups excluding carboxylic acids is 1. The summed E-state index contributed by atoms with van der Waals surface area (Å²) in [5.74, 6) is 1.56. The minimum atomic E-state index is -0.938. The molecular formula is C40H43F3N6O3. The van der Waals surface area contributed by atoms with Gasteiger partial charge in [-0.1, -0.05) is 30.2 Å². The molecule has 2 aromatic carbocycles. The fourth-order valence-corrected chi connectivity index (χ4v) is 9.18. The van der Waals surface area contributed by atoms with Gasteiger partial charge in [-0.3, -0.25) is 9.88 Å². The zero-order chi connectivity index (χ0) is 36.7. The summed E-state index contributed by atoms with van der Waals surface area (Å²) in [4.78, 5) is 33.1. The molecule has 0 N–H and O–H groups in total. The van der Waals surface area contributed by atoms with Gasteiger partial charge in [-0.2, -0.15) is 9.97 Å². The maximum atomic E-state index is 17.0. The van der Waals surface area contributed by atoms with Crippen LogP contribution in [0.5, 0.6) is 6.01 Å². The number of nitrogens with zero attached hydrogens (tertiary/aromatic N) is 6. The SMILES string of the molecule is C#Cc1c(F)ccc2cccc(-c3ncc4c(N(C)C5CC56CCN(C(=O)OC(C)(C)C)[C@H]6C)nc(OC[C@@]56CCCN5C[C@H](F)C6)nc4c3F)c12. The topological polar surface area (TPSA) is 83.9 Å². The predicted molar refractivity (Wildman–Crippen MR) is 193 cm³/mol. The number of pyridine rings is 1. The molecule has 8 rings (SSSR count).